The number of guanidine groups is 1. The van der Waals surface area contributed by atoms with E-state index in [0.717, 1.165) is 18.2 Å². The summed E-state index contributed by atoms with van der Waals surface area (Å²) >= 11 is 0. The second-order valence-electron chi connectivity index (χ2n) is 7.25. The van der Waals surface area contributed by atoms with Crippen molar-refractivity contribution in [1.29, 1.82) is 0 Å². The molecular formula is C24H27IN4O. The van der Waals surface area contributed by atoms with Crippen molar-refractivity contribution in [1.82, 2.24) is 10.6 Å². The fourth-order valence-corrected chi connectivity index (χ4v) is 3.84. The molecule has 6 heteroatoms. The van der Waals surface area contributed by atoms with Gasteiger partial charge in [0.2, 0.25) is 5.91 Å². The predicted octanol–water partition coefficient (Wildman–Crippen LogP) is 4.64. The predicted molar refractivity (Wildman–Crippen MR) is 135 cm³/mol. The normalized spacial score (nSPS) is 15.7. The van der Waals surface area contributed by atoms with Gasteiger partial charge in [0.1, 0.15) is 0 Å². The Labute approximate surface area is 194 Å². The molecule has 4 rings (SSSR count). The van der Waals surface area contributed by atoms with Crippen molar-refractivity contribution in [3.05, 3.63) is 77.9 Å². The fourth-order valence-electron chi connectivity index (χ4n) is 3.84. The first-order valence-corrected chi connectivity index (χ1v) is 10.1. The Balaban J connectivity index is 0.00000256. The second-order valence-corrected chi connectivity index (χ2v) is 7.25. The quantitative estimate of drug-likeness (QED) is 0.264. The molecule has 1 aliphatic heterocycles. The number of para-hydroxylation sites is 1. The van der Waals surface area contributed by atoms with E-state index in [4.69, 9.17) is 4.99 Å². The number of fused-ring (bicyclic) bond motifs is 2. The average Bonchev–Trinajstić information content (AvgIpc) is 2.75. The minimum absolute atomic E-state index is 0. The Morgan fingerprint density at radius 2 is 1.80 bits per heavy atom. The van der Waals surface area contributed by atoms with E-state index in [2.05, 4.69) is 71.4 Å². The number of carbonyl (C=O) groups excluding carboxylic acids is 1. The van der Waals surface area contributed by atoms with Crippen molar-refractivity contribution >= 4 is 52.3 Å². The molecule has 3 aromatic rings. The number of nitrogens with zero attached hydrogens (tertiary/aromatic N) is 1. The smallest absolute Gasteiger partial charge is 0.225 e. The molecule has 1 heterocycles. The van der Waals surface area contributed by atoms with Crippen LogP contribution in [0.4, 0.5) is 5.69 Å². The van der Waals surface area contributed by atoms with Gasteiger partial charge in [-0.1, -0.05) is 60.7 Å². The topological polar surface area (TPSA) is 65.5 Å². The zero-order valence-corrected chi connectivity index (χ0v) is 19.4. The molecule has 0 bridgehead atoms. The highest BCUT2D eigenvalue weighted by atomic mass is 127. The Kier molecular flexibility index (Phi) is 7.68. The van der Waals surface area contributed by atoms with Crippen LogP contribution >= 0.6 is 24.0 Å². The van der Waals surface area contributed by atoms with Crippen LogP contribution in [0.25, 0.3) is 10.8 Å². The molecule has 1 unspecified atom stereocenters. The summed E-state index contributed by atoms with van der Waals surface area (Å²) in [6.45, 7) is 4.09. The maximum Gasteiger partial charge on any atom is 0.225 e. The SMILES string of the molecule is CCNC(=NCc1cccc2ccccc12)NCC1CC(=O)Nc2ccccc21.I. The van der Waals surface area contributed by atoms with E-state index < -0.39 is 0 Å². The van der Waals surface area contributed by atoms with Gasteiger partial charge in [-0.3, -0.25) is 4.79 Å². The molecular weight excluding hydrogens is 487 g/mol. The molecule has 1 amide bonds. The molecule has 0 spiro atoms. The molecule has 1 aliphatic rings. The van der Waals surface area contributed by atoms with Crippen molar-refractivity contribution in [3.8, 4) is 0 Å². The molecule has 156 valence electrons. The van der Waals surface area contributed by atoms with Gasteiger partial charge >= 0.3 is 0 Å². The van der Waals surface area contributed by atoms with Crippen LogP contribution in [-0.4, -0.2) is 25.0 Å². The van der Waals surface area contributed by atoms with E-state index in [1.54, 1.807) is 0 Å². The van der Waals surface area contributed by atoms with Crippen LogP contribution in [0.2, 0.25) is 0 Å². The maximum absolute atomic E-state index is 12.1. The summed E-state index contributed by atoms with van der Waals surface area (Å²) < 4.78 is 0. The number of hydrogen-bond donors (Lipinski definition) is 3. The van der Waals surface area contributed by atoms with Crippen molar-refractivity contribution in [3.63, 3.8) is 0 Å². The van der Waals surface area contributed by atoms with E-state index in [0.29, 0.717) is 19.5 Å². The van der Waals surface area contributed by atoms with Crippen LogP contribution in [0.3, 0.4) is 0 Å². The summed E-state index contributed by atoms with van der Waals surface area (Å²) in [6, 6.07) is 22.7. The lowest BCUT2D eigenvalue weighted by molar-refractivity contribution is -0.116. The zero-order chi connectivity index (χ0) is 20.1. The summed E-state index contributed by atoms with van der Waals surface area (Å²) in [6.07, 6.45) is 0.479. The largest absolute Gasteiger partial charge is 0.357 e. The van der Waals surface area contributed by atoms with Gasteiger partial charge in [0.25, 0.3) is 0 Å². The Hall–Kier alpha value is -2.61. The van der Waals surface area contributed by atoms with Gasteiger partial charge in [0.15, 0.2) is 5.96 Å². The van der Waals surface area contributed by atoms with Gasteiger partial charge in [0.05, 0.1) is 6.54 Å². The van der Waals surface area contributed by atoms with Crippen LogP contribution in [0, 0.1) is 0 Å². The number of carbonyl (C=O) groups is 1. The second kappa shape index (κ2) is 10.4. The standard InChI is InChI=1S/C24H26N4O.HI/c1-2-25-24(26-15-18-10-7-9-17-8-3-4-11-20(17)18)27-16-19-14-23(29)28-22-13-6-5-12-21(19)22;/h3-13,19H,2,14-16H2,1H3,(H,28,29)(H2,25,26,27);1H. The number of rotatable bonds is 5. The number of benzene rings is 3. The summed E-state index contributed by atoms with van der Waals surface area (Å²) in [7, 11) is 0. The summed E-state index contributed by atoms with van der Waals surface area (Å²) in [5.41, 5.74) is 3.28. The Morgan fingerprint density at radius 1 is 1.03 bits per heavy atom. The van der Waals surface area contributed by atoms with Crippen LogP contribution < -0.4 is 16.0 Å². The minimum atomic E-state index is 0. The third-order valence-corrected chi connectivity index (χ3v) is 5.25. The maximum atomic E-state index is 12.1. The zero-order valence-electron chi connectivity index (χ0n) is 17.0. The van der Waals surface area contributed by atoms with Crippen LogP contribution in [0.5, 0.6) is 0 Å². The Morgan fingerprint density at radius 3 is 2.67 bits per heavy atom. The summed E-state index contributed by atoms with van der Waals surface area (Å²) in [5, 5.41) is 12.2. The minimum Gasteiger partial charge on any atom is -0.357 e. The van der Waals surface area contributed by atoms with Crippen LogP contribution in [0.1, 0.15) is 30.4 Å². The van der Waals surface area contributed by atoms with Gasteiger partial charge in [-0.05, 0) is 34.9 Å². The fraction of sp³-hybridized carbons (Fsp3) is 0.250. The number of anilines is 1. The highest BCUT2D eigenvalue weighted by Gasteiger charge is 2.24. The van der Waals surface area contributed by atoms with Gasteiger partial charge in [-0.15, -0.1) is 24.0 Å². The van der Waals surface area contributed by atoms with Gasteiger partial charge in [0, 0.05) is 31.1 Å². The van der Waals surface area contributed by atoms with Gasteiger partial charge in [-0.25, -0.2) is 4.99 Å². The lowest BCUT2D eigenvalue weighted by Crippen LogP contribution is -2.40. The summed E-state index contributed by atoms with van der Waals surface area (Å²) in [5.74, 6) is 0.957. The van der Waals surface area contributed by atoms with Crippen LogP contribution in [0.15, 0.2) is 71.7 Å². The Bertz CT molecular complexity index is 1040. The van der Waals surface area contributed by atoms with Crippen molar-refractivity contribution in [2.75, 3.05) is 18.4 Å². The highest BCUT2D eigenvalue weighted by Crippen LogP contribution is 2.31. The van der Waals surface area contributed by atoms with Crippen molar-refractivity contribution in [2.45, 2.75) is 25.8 Å². The van der Waals surface area contributed by atoms with Crippen LogP contribution in [-0.2, 0) is 11.3 Å². The molecule has 0 aromatic heterocycles. The first-order chi connectivity index (χ1) is 14.2. The molecule has 0 saturated carbocycles. The number of halogens is 1. The van der Waals surface area contributed by atoms with Crippen molar-refractivity contribution < 1.29 is 4.79 Å². The highest BCUT2D eigenvalue weighted by molar-refractivity contribution is 14.0. The van der Waals surface area contributed by atoms with E-state index >= 15 is 0 Å². The third-order valence-electron chi connectivity index (χ3n) is 5.25. The number of aliphatic imine (C=N–C) groups is 1. The van der Waals surface area contributed by atoms with E-state index in [1.807, 2.05) is 18.2 Å². The lowest BCUT2D eigenvalue weighted by Gasteiger charge is -2.26. The molecule has 3 N–H and O–H groups in total. The molecule has 30 heavy (non-hydrogen) atoms. The molecule has 0 fully saturated rings. The van der Waals surface area contributed by atoms with E-state index in [9.17, 15) is 4.79 Å². The first-order valence-electron chi connectivity index (χ1n) is 10.1. The molecule has 1 atom stereocenters. The van der Waals surface area contributed by atoms with Gasteiger partial charge in [-0.2, -0.15) is 0 Å². The van der Waals surface area contributed by atoms with Crippen molar-refractivity contribution in [2.24, 2.45) is 4.99 Å². The molecule has 3 aromatic carbocycles. The van der Waals surface area contributed by atoms with E-state index in [-0.39, 0.29) is 35.8 Å². The number of nitrogens with one attached hydrogen (secondary N) is 3. The average molecular weight is 514 g/mol. The molecule has 0 aliphatic carbocycles. The molecule has 0 saturated heterocycles. The first kappa shape index (κ1) is 22.1. The third kappa shape index (κ3) is 5.11. The lowest BCUT2D eigenvalue weighted by atomic mass is 9.90. The number of amides is 1. The molecule has 0 radical (unpaired) electrons. The summed E-state index contributed by atoms with van der Waals surface area (Å²) in [4.78, 5) is 16.8. The molecule has 5 nitrogen and oxygen atoms in total. The van der Waals surface area contributed by atoms with E-state index in [1.165, 1.54) is 21.9 Å². The monoisotopic (exact) mass is 514 g/mol. The van der Waals surface area contributed by atoms with Gasteiger partial charge < -0.3 is 16.0 Å². The number of hydrogen-bond acceptors (Lipinski definition) is 2.